The average molecular weight is 365 g/mol. The second kappa shape index (κ2) is 7.09. The molecule has 0 fully saturated rings. The van der Waals surface area contributed by atoms with Crippen molar-refractivity contribution in [3.05, 3.63) is 65.6 Å². The zero-order valence-corrected chi connectivity index (χ0v) is 15.0. The molecule has 26 heavy (non-hydrogen) atoms. The van der Waals surface area contributed by atoms with Crippen LogP contribution in [0.15, 0.2) is 54.9 Å². The van der Waals surface area contributed by atoms with Gasteiger partial charge in [0.05, 0.1) is 11.0 Å². The van der Waals surface area contributed by atoms with Gasteiger partial charge in [0.25, 0.3) is 0 Å². The molecule has 0 aliphatic heterocycles. The van der Waals surface area contributed by atoms with Gasteiger partial charge in [-0.05, 0) is 30.7 Å². The fourth-order valence-corrected chi connectivity index (χ4v) is 2.98. The summed E-state index contributed by atoms with van der Waals surface area (Å²) in [5.41, 5.74) is 4.08. The predicted octanol–water partition coefficient (Wildman–Crippen LogP) is 4.17. The first kappa shape index (κ1) is 16.5. The van der Waals surface area contributed by atoms with Crippen molar-refractivity contribution in [2.24, 2.45) is 0 Å². The molecule has 4 aromatic rings. The van der Waals surface area contributed by atoms with Crippen molar-refractivity contribution in [2.45, 2.75) is 20.0 Å². The highest BCUT2D eigenvalue weighted by Crippen LogP contribution is 2.28. The second-order valence-electron chi connectivity index (χ2n) is 5.79. The number of benzene rings is 1. The maximum absolute atomic E-state index is 6.26. The number of aryl methyl sites for hydroxylation is 1. The summed E-state index contributed by atoms with van der Waals surface area (Å²) in [6.07, 6.45) is 3.58. The van der Waals surface area contributed by atoms with Gasteiger partial charge < -0.3 is 5.32 Å². The van der Waals surface area contributed by atoms with E-state index in [0.717, 1.165) is 16.6 Å². The van der Waals surface area contributed by atoms with Crippen molar-refractivity contribution in [1.29, 1.82) is 0 Å². The van der Waals surface area contributed by atoms with E-state index in [0.29, 0.717) is 35.4 Å². The van der Waals surface area contributed by atoms with Gasteiger partial charge in [-0.25, -0.2) is 9.97 Å². The predicted molar refractivity (Wildman–Crippen MR) is 103 cm³/mol. The lowest BCUT2D eigenvalue weighted by atomic mass is 10.2. The van der Waals surface area contributed by atoms with E-state index in [2.05, 4.69) is 15.4 Å². The van der Waals surface area contributed by atoms with E-state index in [-0.39, 0.29) is 0 Å². The van der Waals surface area contributed by atoms with Crippen LogP contribution in [-0.4, -0.2) is 24.7 Å². The number of nitrogens with zero attached hydrogens (tertiary/aromatic N) is 5. The molecule has 0 unspecified atom stereocenters. The van der Waals surface area contributed by atoms with Gasteiger partial charge in [-0.1, -0.05) is 29.8 Å². The minimum Gasteiger partial charge on any atom is -0.364 e. The first-order valence-corrected chi connectivity index (χ1v) is 8.75. The summed E-state index contributed by atoms with van der Waals surface area (Å²) < 4.78 is 1.73. The van der Waals surface area contributed by atoms with Crippen LogP contribution in [0, 0.1) is 0 Å². The third-order valence-electron chi connectivity index (χ3n) is 4.03. The van der Waals surface area contributed by atoms with Crippen molar-refractivity contribution in [3.8, 4) is 11.4 Å². The molecule has 0 radical (unpaired) electrons. The van der Waals surface area contributed by atoms with Crippen molar-refractivity contribution < 1.29 is 0 Å². The monoisotopic (exact) mass is 364 g/mol. The number of hydrogen-bond donors (Lipinski definition) is 1. The Morgan fingerprint density at radius 2 is 1.88 bits per heavy atom. The number of pyridine rings is 1. The Kier molecular flexibility index (Phi) is 4.50. The molecule has 0 spiro atoms. The number of anilines is 1. The van der Waals surface area contributed by atoms with Crippen LogP contribution in [0.25, 0.3) is 22.4 Å². The number of aromatic nitrogens is 5. The number of fused-ring (bicyclic) bond motifs is 1. The van der Waals surface area contributed by atoms with E-state index in [4.69, 9.17) is 21.6 Å². The molecule has 3 aromatic heterocycles. The van der Waals surface area contributed by atoms with Crippen molar-refractivity contribution in [1.82, 2.24) is 24.7 Å². The van der Waals surface area contributed by atoms with E-state index < -0.39 is 0 Å². The average Bonchev–Trinajstić information content (AvgIpc) is 3.07. The Hall–Kier alpha value is -2.99. The van der Waals surface area contributed by atoms with Gasteiger partial charge in [-0.2, -0.15) is 5.10 Å². The van der Waals surface area contributed by atoms with Gasteiger partial charge in [-0.15, -0.1) is 0 Å². The summed E-state index contributed by atoms with van der Waals surface area (Å²) >= 11 is 6.26. The molecule has 0 bridgehead atoms. The molecule has 0 atom stereocenters. The molecule has 4 rings (SSSR count). The lowest BCUT2D eigenvalue weighted by Gasteiger charge is -2.10. The minimum absolute atomic E-state index is 0.579. The molecular formula is C19H17ClN6. The van der Waals surface area contributed by atoms with Crippen molar-refractivity contribution in [3.63, 3.8) is 0 Å². The van der Waals surface area contributed by atoms with Gasteiger partial charge in [0, 0.05) is 31.5 Å². The van der Waals surface area contributed by atoms with Crippen molar-refractivity contribution in [2.75, 3.05) is 5.32 Å². The van der Waals surface area contributed by atoms with Crippen LogP contribution in [0.3, 0.4) is 0 Å². The molecule has 0 saturated heterocycles. The third-order valence-corrected chi connectivity index (χ3v) is 4.33. The topological polar surface area (TPSA) is 68.5 Å². The Labute approximate surface area is 155 Å². The minimum atomic E-state index is 0.579. The number of halogens is 1. The molecule has 0 aliphatic carbocycles. The van der Waals surface area contributed by atoms with Crippen LogP contribution in [0.4, 0.5) is 5.82 Å². The largest absolute Gasteiger partial charge is 0.364 e. The standard InChI is InChI=1S/C19H17ClN6/c1-2-26-17(20)10-16(25-26)18-19(22-12-13-6-5-9-21-11-13)24-15-8-4-3-7-14(15)23-18/h3-11H,2,12H2,1H3,(H,22,24). The first-order valence-electron chi connectivity index (χ1n) is 8.38. The molecular weight excluding hydrogens is 348 g/mol. The summed E-state index contributed by atoms with van der Waals surface area (Å²) in [5.74, 6) is 0.671. The van der Waals surface area contributed by atoms with Crippen LogP contribution in [-0.2, 0) is 13.1 Å². The Balaban J connectivity index is 1.78. The highest BCUT2D eigenvalue weighted by atomic mass is 35.5. The van der Waals surface area contributed by atoms with Gasteiger partial charge in [-0.3, -0.25) is 9.67 Å². The van der Waals surface area contributed by atoms with Crippen LogP contribution >= 0.6 is 11.6 Å². The third kappa shape index (κ3) is 3.23. The first-order chi connectivity index (χ1) is 12.7. The molecule has 6 nitrogen and oxygen atoms in total. The number of hydrogen-bond acceptors (Lipinski definition) is 5. The number of nitrogens with one attached hydrogen (secondary N) is 1. The van der Waals surface area contributed by atoms with Crippen LogP contribution < -0.4 is 5.32 Å². The zero-order chi connectivity index (χ0) is 17.9. The highest BCUT2D eigenvalue weighted by molar-refractivity contribution is 6.29. The van der Waals surface area contributed by atoms with E-state index in [1.807, 2.05) is 55.6 Å². The highest BCUT2D eigenvalue weighted by Gasteiger charge is 2.15. The lowest BCUT2D eigenvalue weighted by molar-refractivity contribution is 0.662. The SMILES string of the molecule is CCn1nc(-c2nc3ccccc3nc2NCc2cccnc2)cc1Cl. The van der Waals surface area contributed by atoms with E-state index >= 15 is 0 Å². The fraction of sp³-hybridized carbons (Fsp3) is 0.158. The molecule has 1 N–H and O–H groups in total. The Morgan fingerprint density at radius 3 is 2.58 bits per heavy atom. The summed E-state index contributed by atoms with van der Waals surface area (Å²) in [6, 6.07) is 13.5. The van der Waals surface area contributed by atoms with Crippen LogP contribution in [0.2, 0.25) is 5.15 Å². The van der Waals surface area contributed by atoms with Gasteiger partial charge in [0.15, 0.2) is 5.82 Å². The Morgan fingerprint density at radius 1 is 1.08 bits per heavy atom. The molecule has 130 valence electrons. The maximum atomic E-state index is 6.26. The van der Waals surface area contributed by atoms with Crippen molar-refractivity contribution >= 4 is 28.5 Å². The number of para-hydroxylation sites is 2. The number of rotatable bonds is 5. The summed E-state index contributed by atoms with van der Waals surface area (Å²) in [6.45, 7) is 3.28. The smallest absolute Gasteiger partial charge is 0.155 e. The fourth-order valence-electron chi connectivity index (χ4n) is 2.72. The summed E-state index contributed by atoms with van der Waals surface area (Å²) in [7, 11) is 0. The van der Waals surface area contributed by atoms with Crippen LogP contribution in [0.1, 0.15) is 12.5 Å². The lowest BCUT2D eigenvalue weighted by Crippen LogP contribution is -2.06. The molecule has 0 saturated carbocycles. The molecule has 3 heterocycles. The summed E-state index contributed by atoms with van der Waals surface area (Å²) in [5, 5.41) is 8.49. The molecule has 1 aromatic carbocycles. The van der Waals surface area contributed by atoms with E-state index in [1.165, 1.54) is 0 Å². The zero-order valence-electron chi connectivity index (χ0n) is 14.2. The van der Waals surface area contributed by atoms with Gasteiger partial charge >= 0.3 is 0 Å². The molecule has 7 heteroatoms. The second-order valence-corrected chi connectivity index (χ2v) is 6.18. The Bertz CT molecular complexity index is 1040. The molecule has 0 aliphatic rings. The van der Waals surface area contributed by atoms with Crippen LogP contribution in [0.5, 0.6) is 0 Å². The van der Waals surface area contributed by atoms with Gasteiger partial charge in [0.2, 0.25) is 0 Å². The quantitative estimate of drug-likeness (QED) is 0.575. The van der Waals surface area contributed by atoms with E-state index in [1.54, 1.807) is 10.9 Å². The molecule has 0 amide bonds. The maximum Gasteiger partial charge on any atom is 0.155 e. The van der Waals surface area contributed by atoms with Gasteiger partial charge in [0.1, 0.15) is 16.5 Å². The normalized spacial score (nSPS) is 11.0. The van der Waals surface area contributed by atoms with E-state index in [9.17, 15) is 0 Å². The summed E-state index contributed by atoms with van der Waals surface area (Å²) in [4.78, 5) is 13.7.